The van der Waals surface area contributed by atoms with Crippen LogP contribution in [0.1, 0.15) is 53.0 Å². The van der Waals surface area contributed by atoms with Crippen molar-refractivity contribution >= 4 is 23.4 Å². The molecule has 1 amide bonds. The second-order valence-electron chi connectivity index (χ2n) is 10.1. The molecule has 0 aromatic carbocycles. The van der Waals surface area contributed by atoms with E-state index in [9.17, 15) is 10.1 Å². The summed E-state index contributed by atoms with van der Waals surface area (Å²) in [6.07, 6.45) is 9.27. The van der Waals surface area contributed by atoms with E-state index in [0.717, 1.165) is 47.5 Å². The summed E-state index contributed by atoms with van der Waals surface area (Å²) in [5, 5.41) is 18.9. The molecule has 4 heterocycles. The lowest BCUT2D eigenvalue weighted by molar-refractivity contribution is 0.0155. The molecule has 1 atom stereocenters. The van der Waals surface area contributed by atoms with Crippen molar-refractivity contribution in [2.45, 2.75) is 69.8 Å². The van der Waals surface area contributed by atoms with Gasteiger partial charge in [0.25, 0.3) is 0 Å². The summed E-state index contributed by atoms with van der Waals surface area (Å²) in [5.74, 6) is 0.327. The van der Waals surface area contributed by atoms with Crippen molar-refractivity contribution in [2.24, 2.45) is 5.92 Å². The second-order valence-corrected chi connectivity index (χ2v) is 11.7. The lowest BCUT2D eigenvalue weighted by atomic mass is 9.98. The smallest absolute Gasteiger partial charge is 0.410 e. The van der Waals surface area contributed by atoms with Crippen molar-refractivity contribution in [3.63, 3.8) is 0 Å². The number of nitriles is 1. The van der Waals surface area contributed by atoms with Gasteiger partial charge < -0.3 is 9.64 Å². The zero-order chi connectivity index (χ0) is 24.5. The first-order valence-corrected chi connectivity index (χ1v) is 12.6. The highest BCUT2D eigenvalue weighted by Crippen LogP contribution is 2.33. The summed E-state index contributed by atoms with van der Waals surface area (Å²) in [6.45, 7) is 12.1. The molecule has 0 radical (unpaired) electrons. The Labute approximate surface area is 204 Å². The molecule has 1 saturated heterocycles. The Morgan fingerprint density at radius 3 is 2.76 bits per heavy atom. The summed E-state index contributed by atoms with van der Waals surface area (Å²) in [4.78, 5) is 15.3. The number of thioether (sulfide) groups is 1. The molecule has 34 heavy (non-hydrogen) atoms. The fourth-order valence-corrected chi connectivity index (χ4v) is 5.27. The number of carbonyl (C=O) groups excluding carboxylic acids is 1. The van der Waals surface area contributed by atoms with Gasteiger partial charge in [-0.15, -0.1) is 11.8 Å². The van der Waals surface area contributed by atoms with Crippen LogP contribution in [0.4, 0.5) is 4.79 Å². The van der Waals surface area contributed by atoms with Gasteiger partial charge in [-0.25, -0.2) is 9.31 Å². The van der Waals surface area contributed by atoms with E-state index in [4.69, 9.17) is 4.74 Å². The minimum Gasteiger partial charge on any atom is -0.444 e. The van der Waals surface area contributed by atoms with Crippen molar-refractivity contribution in [1.82, 2.24) is 24.3 Å². The molecule has 1 aliphatic heterocycles. The zero-order valence-corrected chi connectivity index (χ0v) is 21.3. The number of hydrogen-bond acceptors (Lipinski definition) is 6. The fourth-order valence-electron chi connectivity index (χ4n) is 4.25. The molecular formula is C25H32N6O2S. The third-order valence-electron chi connectivity index (χ3n) is 5.64. The van der Waals surface area contributed by atoms with Crippen LogP contribution in [0.2, 0.25) is 0 Å². The van der Waals surface area contributed by atoms with Crippen LogP contribution in [0.15, 0.2) is 35.7 Å². The molecule has 0 aliphatic carbocycles. The van der Waals surface area contributed by atoms with Crippen LogP contribution in [0, 0.1) is 17.2 Å². The highest BCUT2D eigenvalue weighted by atomic mass is 32.2. The van der Waals surface area contributed by atoms with Gasteiger partial charge in [-0.05, 0) is 45.6 Å². The molecule has 3 aromatic heterocycles. The molecule has 3 aromatic rings. The Kier molecular flexibility index (Phi) is 6.89. The van der Waals surface area contributed by atoms with Gasteiger partial charge in [-0.2, -0.15) is 15.5 Å². The predicted octanol–water partition coefficient (Wildman–Crippen LogP) is 5.22. The van der Waals surface area contributed by atoms with E-state index >= 15 is 0 Å². The minimum atomic E-state index is -0.489. The van der Waals surface area contributed by atoms with Crippen molar-refractivity contribution in [3.8, 4) is 17.2 Å². The summed E-state index contributed by atoms with van der Waals surface area (Å²) in [7, 11) is 0. The molecule has 0 spiro atoms. The highest BCUT2D eigenvalue weighted by Gasteiger charge is 2.28. The van der Waals surface area contributed by atoms with Crippen molar-refractivity contribution < 1.29 is 9.53 Å². The van der Waals surface area contributed by atoms with E-state index < -0.39 is 5.60 Å². The lowest BCUT2D eigenvalue weighted by Gasteiger charge is -2.34. The van der Waals surface area contributed by atoms with E-state index in [1.165, 1.54) is 0 Å². The van der Waals surface area contributed by atoms with Crippen molar-refractivity contribution in [1.29, 1.82) is 5.26 Å². The summed E-state index contributed by atoms with van der Waals surface area (Å²) in [6, 6.07) is 4.37. The molecule has 0 N–H and O–H groups in total. The van der Waals surface area contributed by atoms with Crippen LogP contribution in [0.25, 0.3) is 16.6 Å². The largest absolute Gasteiger partial charge is 0.444 e. The molecule has 9 heteroatoms. The molecule has 0 bridgehead atoms. The van der Waals surface area contributed by atoms with E-state index in [1.54, 1.807) is 22.5 Å². The molecule has 0 saturated carbocycles. The third-order valence-corrected chi connectivity index (χ3v) is 6.68. The van der Waals surface area contributed by atoms with Gasteiger partial charge in [0.05, 0.1) is 23.5 Å². The number of carbonyl (C=O) groups is 1. The number of likely N-dealkylation sites (tertiary alicyclic amines) is 1. The number of pyridine rings is 1. The molecule has 4 rings (SSSR count). The Morgan fingerprint density at radius 2 is 2.06 bits per heavy atom. The Balaban J connectivity index is 1.51. The molecule has 180 valence electrons. The summed E-state index contributed by atoms with van der Waals surface area (Å²) in [5.41, 5.74) is 2.95. The Morgan fingerprint density at radius 1 is 1.26 bits per heavy atom. The topological polar surface area (TPSA) is 88.4 Å². The van der Waals surface area contributed by atoms with Crippen LogP contribution in [-0.2, 0) is 11.3 Å². The standard InChI is InChI=1S/C25H32N6O2S/c1-17(2)34-22-9-19(16-31-23(22)20(10-26)11-28-31)21-12-27-30(15-21)14-18-7-6-8-29(13-18)24(32)33-25(3,4)5/h9,11-12,15-18H,6-8,13-14H2,1-5H3/t18-/m1/s1. The zero-order valence-electron chi connectivity index (χ0n) is 20.5. The number of piperidine rings is 1. The lowest BCUT2D eigenvalue weighted by Crippen LogP contribution is -2.43. The van der Waals surface area contributed by atoms with Crippen LogP contribution in [0.3, 0.4) is 0 Å². The first kappa shape index (κ1) is 24.1. The normalized spacial score (nSPS) is 16.7. The number of nitrogens with zero attached hydrogens (tertiary/aromatic N) is 6. The maximum atomic E-state index is 12.5. The average Bonchev–Trinajstić information content (AvgIpc) is 3.39. The fraction of sp³-hybridized carbons (Fsp3) is 0.520. The molecular weight excluding hydrogens is 448 g/mol. The van der Waals surface area contributed by atoms with E-state index in [-0.39, 0.29) is 6.09 Å². The number of aromatic nitrogens is 4. The van der Waals surface area contributed by atoms with E-state index in [2.05, 4.69) is 36.2 Å². The maximum absolute atomic E-state index is 12.5. The monoisotopic (exact) mass is 480 g/mol. The van der Waals surface area contributed by atoms with Crippen LogP contribution in [0.5, 0.6) is 0 Å². The minimum absolute atomic E-state index is 0.238. The summed E-state index contributed by atoms with van der Waals surface area (Å²) >= 11 is 1.72. The first-order valence-electron chi connectivity index (χ1n) is 11.7. The number of ether oxygens (including phenoxy) is 1. The quantitative estimate of drug-likeness (QED) is 0.465. The van der Waals surface area contributed by atoms with Gasteiger partial charge in [0.1, 0.15) is 11.7 Å². The van der Waals surface area contributed by atoms with Gasteiger partial charge >= 0.3 is 6.09 Å². The number of amides is 1. The number of fused-ring (bicyclic) bond motifs is 1. The molecule has 8 nitrogen and oxygen atoms in total. The molecule has 0 unspecified atom stereocenters. The SMILES string of the molecule is CC(C)Sc1cc(-c2cnn(C[C@@H]3CCCN(C(=O)OC(C)(C)C)C3)c2)cn2ncc(C#N)c12. The van der Waals surface area contributed by atoms with Crippen LogP contribution in [-0.4, -0.2) is 54.3 Å². The van der Waals surface area contributed by atoms with Gasteiger partial charge in [-0.3, -0.25) is 4.68 Å². The van der Waals surface area contributed by atoms with Gasteiger partial charge in [0, 0.05) is 53.3 Å². The second kappa shape index (κ2) is 9.71. The summed E-state index contributed by atoms with van der Waals surface area (Å²) < 4.78 is 9.30. The molecule has 1 fully saturated rings. The van der Waals surface area contributed by atoms with Gasteiger partial charge in [0.15, 0.2) is 0 Å². The average molecular weight is 481 g/mol. The van der Waals surface area contributed by atoms with Crippen LogP contribution < -0.4 is 0 Å². The predicted molar refractivity (Wildman–Crippen MR) is 133 cm³/mol. The Hall–Kier alpha value is -2.99. The van der Waals surface area contributed by atoms with Crippen molar-refractivity contribution in [3.05, 3.63) is 36.4 Å². The molecule has 1 aliphatic rings. The van der Waals surface area contributed by atoms with Gasteiger partial charge in [0.2, 0.25) is 0 Å². The number of rotatable bonds is 5. The highest BCUT2D eigenvalue weighted by molar-refractivity contribution is 8.00. The van der Waals surface area contributed by atoms with Crippen LogP contribution >= 0.6 is 11.8 Å². The maximum Gasteiger partial charge on any atom is 0.410 e. The van der Waals surface area contributed by atoms with E-state index in [1.807, 2.05) is 48.9 Å². The third kappa shape index (κ3) is 5.55. The first-order chi connectivity index (χ1) is 16.1. The van der Waals surface area contributed by atoms with Gasteiger partial charge in [-0.1, -0.05) is 13.8 Å². The van der Waals surface area contributed by atoms with Crippen molar-refractivity contribution in [2.75, 3.05) is 13.1 Å². The van der Waals surface area contributed by atoms with E-state index in [0.29, 0.717) is 23.3 Å². The number of hydrogen-bond donors (Lipinski definition) is 0. The Bertz CT molecular complexity index is 1220.